The Hall–Kier alpha value is -4.45. The van der Waals surface area contributed by atoms with Gasteiger partial charge >= 0.3 is 5.97 Å². The van der Waals surface area contributed by atoms with Gasteiger partial charge < -0.3 is 4.74 Å². The maximum atomic E-state index is 13.0. The van der Waals surface area contributed by atoms with Crippen molar-refractivity contribution in [3.63, 3.8) is 0 Å². The van der Waals surface area contributed by atoms with Gasteiger partial charge in [0.25, 0.3) is 0 Å². The number of hydrogen-bond acceptors (Lipinski definition) is 5. The Balaban J connectivity index is 1.51. The molecule has 1 unspecified atom stereocenters. The third kappa shape index (κ3) is 4.07. The fraction of sp³-hybridized carbons (Fsp3) is 0.242. The molecule has 0 saturated heterocycles. The normalized spacial score (nSPS) is 16.3. The lowest BCUT2D eigenvalue weighted by Gasteiger charge is -2.42. The second kappa shape index (κ2) is 10.4. The molecule has 0 saturated carbocycles. The predicted molar refractivity (Wildman–Crippen MR) is 153 cm³/mol. The molecule has 1 atom stereocenters. The SMILES string of the molecule is C=CCn1nc2c(c1C(=O)OCC)CCC1=NN(C(c3ccccc3)(c3ccccc3)c3ccccc3)CC12. The first-order valence-corrected chi connectivity index (χ1v) is 13.6. The molecule has 6 nitrogen and oxygen atoms in total. The summed E-state index contributed by atoms with van der Waals surface area (Å²) in [4.78, 5) is 13.0. The van der Waals surface area contributed by atoms with Crippen LogP contribution in [0.25, 0.3) is 0 Å². The summed E-state index contributed by atoms with van der Waals surface area (Å²) >= 11 is 0. The maximum absolute atomic E-state index is 13.0. The van der Waals surface area contributed by atoms with Gasteiger partial charge in [0.2, 0.25) is 0 Å². The standard InChI is InChI=1S/C33H32N4O2/c1-3-22-36-31(32(38)39-4-2)27-20-21-29-28(30(27)35-36)23-37(34-29)33(24-14-8-5-9-15-24,25-16-10-6-11-17-25)26-18-12-7-13-19-26/h3,5-19,28H,1,4,20-23H2,2H3. The van der Waals surface area contributed by atoms with Crippen molar-refractivity contribution in [2.24, 2.45) is 5.10 Å². The second-order valence-corrected chi connectivity index (χ2v) is 9.94. The molecule has 0 N–H and O–H groups in total. The molecule has 6 rings (SSSR count). The largest absolute Gasteiger partial charge is 0.461 e. The molecular weight excluding hydrogens is 484 g/mol. The van der Waals surface area contributed by atoms with Crippen LogP contribution in [0.5, 0.6) is 0 Å². The molecule has 0 spiro atoms. The zero-order valence-corrected chi connectivity index (χ0v) is 22.2. The smallest absolute Gasteiger partial charge is 0.356 e. The van der Waals surface area contributed by atoms with Crippen LogP contribution in [-0.4, -0.2) is 39.6 Å². The lowest BCUT2D eigenvalue weighted by atomic mass is 9.76. The number of fused-ring (bicyclic) bond motifs is 3. The summed E-state index contributed by atoms with van der Waals surface area (Å²) in [5.74, 6) is -0.334. The summed E-state index contributed by atoms with van der Waals surface area (Å²) in [6, 6.07) is 31.8. The van der Waals surface area contributed by atoms with Crippen LogP contribution < -0.4 is 0 Å². The fourth-order valence-corrected chi connectivity index (χ4v) is 6.19. The van der Waals surface area contributed by atoms with Crippen molar-refractivity contribution < 1.29 is 9.53 Å². The molecule has 6 heteroatoms. The lowest BCUT2D eigenvalue weighted by Crippen LogP contribution is -2.45. The molecule has 1 aliphatic heterocycles. The van der Waals surface area contributed by atoms with Crippen molar-refractivity contribution in [2.75, 3.05) is 13.2 Å². The van der Waals surface area contributed by atoms with Gasteiger partial charge in [0.1, 0.15) is 11.2 Å². The van der Waals surface area contributed by atoms with Crippen LogP contribution in [0.1, 0.15) is 57.7 Å². The van der Waals surface area contributed by atoms with Gasteiger partial charge in [-0.2, -0.15) is 10.2 Å². The highest BCUT2D eigenvalue weighted by molar-refractivity contribution is 5.97. The predicted octanol–water partition coefficient (Wildman–Crippen LogP) is 5.94. The molecular formula is C33H32N4O2. The Morgan fingerprint density at radius 2 is 1.51 bits per heavy atom. The Labute approximate surface area is 229 Å². The molecule has 1 aliphatic carbocycles. The Kier molecular flexibility index (Phi) is 6.61. The number of rotatable bonds is 8. The van der Waals surface area contributed by atoms with E-state index in [-0.39, 0.29) is 11.9 Å². The van der Waals surface area contributed by atoms with Gasteiger partial charge in [-0.3, -0.25) is 9.69 Å². The Morgan fingerprint density at radius 1 is 0.949 bits per heavy atom. The summed E-state index contributed by atoms with van der Waals surface area (Å²) < 4.78 is 7.17. The number of esters is 1. The maximum Gasteiger partial charge on any atom is 0.356 e. The van der Waals surface area contributed by atoms with E-state index in [9.17, 15) is 4.79 Å². The van der Waals surface area contributed by atoms with Gasteiger partial charge in [-0.1, -0.05) is 97.1 Å². The van der Waals surface area contributed by atoms with Crippen LogP contribution >= 0.6 is 0 Å². The van der Waals surface area contributed by atoms with Crippen LogP contribution in [0.3, 0.4) is 0 Å². The molecule has 0 radical (unpaired) electrons. The minimum atomic E-state index is -0.637. The fourth-order valence-electron chi connectivity index (χ4n) is 6.19. The average molecular weight is 517 g/mol. The molecule has 4 aromatic rings. The van der Waals surface area contributed by atoms with E-state index in [2.05, 4.69) is 103 Å². The summed E-state index contributed by atoms with van der Waals surface area (Å²) in [6.07, 6.45) is 3.25. The average Bonchev–Trinajstić information content (AvgIpc) is 3.57. The number of carbonyl (C=O) groups is 1. The number of benzene rings is 3. The number of carbonyl (C=O) groups excluding carboxylic acids is 1. The molecule has 0 amide bonds. The molecule has 2 heterocycles. The van der Waals surface area contributed by atoms with Gasteiger partial charge in [-0.25, -0.2) is 4.79 Å². The highest BCUT2D eigenvalue weighted by Crippen LogP contribution is 2.47. The molecule has 3 aromatic carbocycles. The van der Waals surface area contributed by atoms with E-state index < -0.39 is 5.54 Å². The second-order valence-electron chi connectivity index (χ2n) is 9.94. The summed E-state index contributed by atoms with van der Waals surface area (Å²) in [5.41, 5.74) is 6.36. The lowest BCUT2D eigenvalue weighted by molar-refractivity contribution is 0.0511. The first kappa shape index (κ1) is 24.9. The van der Waals surface area contributed by atoms with Crippen LogP contribution in [-0.2, 0) is 23.2 Å². The van der Waals surface area contributed by atoms with Crippen molar-refractivity contribution in [1.82, 2.24) is 14.8 Å². The number of ether oxygens (including phenoxy) is 1. The van der Waals surface area contributed by atoms with Crippen LogP contribution in [0.15, 0.2) is 109 Å². The third-order valence-corrected chi connectivity index (χ3v) is 7.78. The molecule has 1 aromatic heterocycles. The number of allylic oxidation sites excluding steroid dienone is 1. The van der Waals surface area contributed by atoms with Gasteiger partial charge in [-0.05, 0) is 36.5 Å². The van der Waals surface area contributed by atoms with Gasteiger partial charge in [0.15, 0.2) is 0 Å². The Bertz CT molecular complexity index is 1410. The first-order valence-electron chi connectivity index (χ1n) is 13.6. The minimum absolute atomic E-state index is 0.0106. The molecule has 0 bridgehead atoms. The summed E-state index contributed by atoms with van der Waals surface area (Å²) in [7, 11) is 0. The number of hydrogen-bond donors (Lipinski definition) is 0. The number of hydrazone groups is 1. The van der Waals surface area contributed by atoms with E-state index in [0.29, 0.717) is 31.8 Å². The van der Waals surface area contributed by atoms with Crippen LogP contribution in [0.4, 0.5) is 0 Å². The van der Waals surface area contributed by atoms with Crippen LogP contribution in [0.2, 0.25) is 0 Å². The molecule has 39 heavy (non-hydrogen) atoms. The van der Waals surface area contributed by atoms with Gasteiger partial charge in [0, 0.05) is 11.3 Å². The summed E-state index contributed by atoms with van der Waals surface area (Å²) in [6.45, 7) is 7.12. The van der Waals surface area contributed by atoms with Crippen molar-refractivity contribution >= 4 is 11.7 Å². The monoisotopic (exact) mass is 516 g/mol. The first-order chi connectivity index (χ1) is 19.2. The van der Waals surface area contributed by atoms with Crippen molar-refractivity contribution in [3.05, 3.63) is 137 Å². The van der Waals surface area contributed by atoms with Crippen molar-refractivity contribution in [2.45, 2.75) is 37.8 Å². The zero-order valence-electron chi connectivity index (χ0n) is 22.2. The Morgan fingerprint density at radius 3 is 2.03 bits per heavy atom. The van der Waals surface area contributed by atoms with E-state index in [4.69, 9.17) is 14.9 Å². The topological polar surface area (TPSA) is 59.7 Å². The molecule has 2 aliphatic rings. The molecule has 0 fully saturated rings. The zero-order chi connectivity index (χ0) is 26.8. The van der Waals surface area contributed by atoms with Gasteiger partial charge in [-0.15, -0.1) is 6.58 Å². The van der Waals surface area contributed by atoms with Crippen molar-refractivity contribution in [3.8, 4) is 0 Å². The highest BCUT2D eigenvalue weighted by atomic mass is 16.5. The third-order valence-electron chi connectivity index (χ3n) is 7.78. The van der Waals surface area contributed by atoms with Crippen molar-refractivity contribution in [1.29, 1.82) is 0 Å². The quantitative estimate of drug-likeness (QED) is 0.165. The number of nitrogens with zero attached hydrogens (tertiary/aromatic N) is 4. The molecule has 196 valence electrons. The van der Waals surface area contributed by atoms with E-state index >= 15 is 0 Å². The highest BCUT2D eigenvalue weighted by Gasteiger charge is 2.48. The van der Waals surface area contributed by atoms with E-state index in [0.717, 1.165) is 40.1 Å². The van der Waals surface area contributed by atoms with Crippen LogP contribution in [0, 0.1) is 0 Å². The van der Waals surface area contributed by atoms with E-state index in [1.165, 1.54) is 0 Å². The number of aromatic nitrogens is 2. The van der Waals surface area contributed by atoms with E-state index in [1.807, 2.05) is 6.92 Å². The van der Waals surface area contributed by atoms with Gasteiger partial charge in [0.05, 0.1) is 31.3 Å². The summed E-state index contributed by atoms with van der Waals surface area (Å²) in [5, 5.41) is 12.5. The minimum Gasteiger partial charge on any atom is -0.461 e. The van der Waals surface area contributed by atoms with E-state index in [1.54, 1.807) is 10.8 Å².